The minimum absolute atomic E-state index is 0.0224. The fraction of sp³-hybridized carbons (Fsp3) is 0.842. The molecule has 0 aliphatic heterocycles. The Morgan fingerprint density at radius 3 is 2.64 bits per heavy atom. The molecule has 22 heavy (non-hydrogen) atoms. The lowest BCUT2D eigenvalue weighted by molar-refractivity contribution is -0.146. The van der Waals surface area contributed by atoms with Gasteiger partial charge in [-0.05, 0) is 61.7 Å². The number of aliphatic hydroxyl groups excluding tert-OH is 2. The first kappa shape index (κ1) is 14.9. The van der Waals surface area contributed by atoms with E-state index >= 15 is 0 Å². The van der Waals surface area contributed by atoms with Crippen molar-refractivity contribution in [1.29, 1.82) is 0 Å². The summed E-state index contributed by atoms with van der Waals surface area (Å²) < 4.78 is 0. The summed E-state index contributed by atoms with van der Waals surface area (Å²) in [6.45, 7) is 4.40. The second-order valence-corrected chi connectivity index (χ2v) is 8.70. The molecular weight excluding hydrogens is 276 g/mol. The van der Waals surface area contributed by atoms with Crippen LogP contribution in [-0.2, 0) is 4.79 Å². The van der Waals surface area contributed by atoms with Crippen LogP contribution in [0, 0.1) is 28.6 Å². The first-order valence-corrected chi connectivity index (χ1v) is 8.97. The van der Waals surface area contributed by atoms with Crippen LogP contribution in [0.15, 0.2) is 11.6 Å². The largest absolute Gasteiger partial charge is 0.393 e. The number of aliphatic hydroxyl groups is 2. The fourth-order valence-corrected chi connectivity index (χ4v) is 6.61. The second kappa shape index (κ2) is 4.67. The summed E-state index contributed by atoms with van der Waals surface area (Å²) in [5.74, 6) is 1.57. The zero-order valence-corrected chi connectivity index (χ0v) is 13.7. The van der Waals surface area contributed by atoms with Crippen LogP contribution in [0.25, 0.3) is 0 Å². The van der Waals surface area contributed by atoms with Crippen molar-refractivity contribution in [2.24, 2.45) is 28.6 Å². The smallest absolute Gasteiger partial charge is 0.139 e. The molecule has 3 heteroatoms. The average molecular weight is 304 g/mol. The van der Waals surface area contributed by atoms with Crippen molar-refractivity contribution < 1.29 is 15.0 Å². The first-order valence-electron chi connectivity index (χ1n) is 8.97. The van der Waals surface area contributed by atoms with Gasteiger partial charge in [-0.15, -0.1) is 0 Å². The normalized spacial score (nSPS) is 54.3. The summed E-state index contributed by atoms with van der Waals surface area (Å²) >= 11 is 0. The summed E-state index contributed by atoms with van der Waals surface area (Å²) in [5, 5.41) is 20.9. The molecule has 4 unspecified atom stereocenters. The summed E-state index contributed by atoms with van der Waals surface area (Å²) in [6.07, 6.45) is 7.60. The summed E-state index contributed by atoms with van der Waals surface area (Å²) in [6, 6.07) is 0. The highest BCUT2D eigenvalue weighted by molar-refractivity contribution is 5.87. The third kappa shape index (κ3) is 1.78. The van der Waals surface area contributed by atoms with Gasteiger partial charge in [0, 0.05) is 11.8 Å². The highest BCUT2D eigenvalue weighted by Crippen LogP contribution is 2.64. The summed E-state index contributed by atoms with van der Waals surface area (Å²) in [5.41, 5.74) is 1.10. The third-order valence-corrected chi connectivity index (χ3v) is 7.73. The molecule has 0 amide bonds. The lowest BCUT2D eigenvalue weighted by atomic mass is 9.46. The maximum atomic E-state index is 12.4. The molecule has 122 valence electrons. The standard InChI is InChI=1S/C19H28O3/c1-18-8-7-12(20)9-11(18)3-4-13-14-5-6-16(22)19(14,2)10-15(21)17(13)18/h9,12-15,17,20-21H,3-8,10H2,1-2H3/t12?,13?,14?,15-,17?,18-,19-/m0/s1. The Morgan fingerprint density at radius 1 is 1.09 bits per heavy atom. The van der Waals surface area contributed by atoms with Gasteiger partial charge in [-0.25, -0.2) is 0 Å². The van der Waals surface area contributed by atoms with Gasteiger partial charge in [0.25, 0.3) is 0 Å². The highest BCUT2D eigenvalue weighted by atomic mass is 16.3. The minimum Gasteiger partial charge on any atom is -0.393 e. The van der Waals surface area contributed by atoms with Crippen molar-refractivity contribution in [3.05, 3.63) is 11.6 Å². The van der Waals surface area contributed by atoms with Crippen LogP contribution in [0.4, 0.5) is 0 Å². The van der Waals surface area contributed by atoms with E-state index in [1.807, 2.05) is 0 Å². The number of allylic oxidation sites excluding steroid dienone is 1. The maximum absolute atomic E-state index is 12.4. The van der Waals surface area contributed by atoms with E-state index in [-0.39, 0.29) is 29.0 Å². The predicted molar refractivity (Wildman–Crippen MR) is 84.1 cm³/mol. The molecule has 4 aliphatic rings. The monoisotopic (exact) mass is 304 g/mol. The Kier molecular flexibility index (Phi) is 3.16. The zero-order valence-electron chi connectivity index (χ0n) is 13.7. The molecule has 3 fully saturated rings. The molecular formula is C19H28O3. The van der Waals surface area contributed by atoms with Gasteiger partial charge in [-0.1, -0.05) is 25.5 Å². The van der Waals surface area contributed by atoms with Gasteiger partial charge in [-0.3, -0.25) is 4.79 Å². The number of hydrogen-bond donors (Lipinski definition) is 2. The molecule has 0 heterocycles. The molecule has 4 aliphatic carbocycles. The van der Waals surface area contributed by atoms with E-state index in [0.717, 1.165) is 32.1 Å². The van der Waals surface area contributed by atoms with Gasteiger partial charge in [0.2, 0.25) is 0 Å². The minimum atomic E-state index is -0.378. The quantitative estimate of drug-likeness (QED) is 0.677. The molecule has 7 atom stereocenters. The maximum Gasteiger partial charge on any atom is 0.139 e. The Morgan fingerprint density at radius 2 is 1.86 bits per heavy atom. The van der Waals surface area contributed by atoms with Crippen LogP contribution >= 0.6 is 0 Å². The van der Waals surface area contributed by atoms with Crippen molar-refractivity contribution in [2.75, 3.05) is 0 Å². The van der Waals surface area contributed by atoms with E-state index in [9.17, 15) is 15.0 Å². The molecule has 0 radical (unpaired) electrons. The van der Waals surface area contributed by atoms with Crippen LogP contribution in [0.3, 0.4) is 0 Å². The van der Waals surface area contributed by atoms with Crippen molar-refractivity contribution in [3.8, 4) is 0 Å². The molecule has 4 rings (SSSR count). The van der Waals surface area contributed by atoms with Crippen molar-refractivity contribution in [1.82, 2.24) is 0 Å². The average Bonchev–Trinajstić information content (AvgIpc) is 2.75. The SMILES string of the molecule is C[C@]12CCC(O)C=C1CCC1C2[C@@H](O)C[C@]2(C)C(=O)CCC12. The van der Waals surface area contributed by atoms with Crippen LogP contribution in [0.1, 0.15) is 58.8 Å². The molecule has 0 aromatic rings. The summed E-state index contributed by atoms with van der Waals surface area (Å²) in [7, 11) is 0. The molecule has 0 aromatic heterocycles. The topological polar surface area (TPSA) is 57.5 Å². The summed E-state index contributed by atoms with van der Waals surface area (Å²) in [4.78, 5) is 12.4. The fourth-order valence-electron chi connectivity index (χ4n) is 6.61. The van der Waals surface area contributed by atoms with E-state index in [4.69, 9.17) is 0 Å². The van der Waals surface area contributed by atoms with E-state index in [0.29, 0.717) is 30.5 Å². The van der Waals surface area contributed by atoms with Crippen molar-refractivity contribution >= 4 is 5.78 Å². The lowest BCUT2D eigenvalue weighted by Crippen LogP contribution is -2.56. The predicted octanol–water partition coefficient (Wildman–Crippen LogP) is 2.85. The van der Waals surface area contributed by atoms with E-state index in [2.05, 4.69) is 19.9 Å². The zero-order chi connectivity index (χ0) is 15.7. The highest BCUT2D eigenvalue weighted by Gasteiger charge is 2.61. The molecule has 3 saturated carbocycles. The van der Waals surface area contributed by atoms with E-state index in [1.165, 1.54) is 5.57 Å². The Hall–Kier alpha value is -0.670. The number of carbonyl (C=O) groups is 1. The van der Waals surface area contributed by atoms with Gasteiger partial charge in [0.05, 0.1) is 12.2 Å². The van der Waals surface area contributed by atoms with Crippen LogP contribution in [0.5, 0.6) is 0 Å². The number of Topliss-reactive ketones (excluding diaryl/α,β-unsaturated/α-hetero) is 1. The lowest BCUT2D eigenvalue weighted by Gasteiger charge is -2.59. The van der Waals surface area contributed by atoms with Gasteiger partial charge in [0.15, 0.2) is 0 Å². The number of hydrogen-bond acceptors (Lipinski definition) is 3. The number of carbonyl (C=O) groups excluding carboxylic acids is 1. The number of ketones is 1. The van der Waals surface area contributed by atoms with Gasteiger partial charge in [0.1, 0.15) is 5.78 Å². The van der Waals surface area contributed by atoms with E-state index < -0.39 is 0 Å². The molecule has 0 saturated heterocycles. The Bertz CT molecular complexity index is 539. The van der Waals surface area contributed by atoms with Gasteiger partial charge >= 0.3 is 0 Å². The van der Waals surface area contributed by atoms with Crippen LogP contribution in [0.2, 0.25) is 0 Å². The molecule has 0 aromatic carbocycles. The van der Waals surface area contributed by atoms with Gasteiger partial charge < -0.3 is 10.2 Å². The molecule has 0 spiro atoms. The van der Waals surface area contributed by atoms with Crippen molar-refractivity contribution in [2.45, 2.75) is 71.0 Å². The number of rotatable bonds is 0. The molecule has 0 bridgehead atoms. The van der Waals surface area contributed by atoms with E-state index in [1.54, 1.807) is 0 Å². The number of fused-ring (bicyclic) bond motifs is 5. The van der Waals surface area contributed by atoms with Gasteiger partial charge in [-0.2, -0.15) is 0 Å². The second-order valence-electron chi connectivity index (χ2n) is 8.70. The molecule has 3 nitrogen and oxygen atoms in total. The third-order valence-electron chi connectivity index (χ3n) is 7.73. The first-order chi connectivity index (χ1) is 10.4. The van der Waals surface area contributed by atoms with Crippen molar-refractivity contribution in [3.63, 3.8) is 0 Å². The Balaban J connectivity index is 1.74. The van der Waals surface area contributed by atoms with Crippen LogP contribution in [-0.4, -0.2) is 28.2 Å². The Labute approximate surface area is 132 Å². The van der Waals surface area contributed by atoms with Crippen LogP contribution < -0.4 is 0 Å². The molecule has 2 N–H and O–H groups in total.